The molecule has 5 heteroatoms. The predicted molar refractivity (Wildman–Crippen MR) is 141 cm³/mol. The highest BCUT2D eigenvalue weighted by Gasteiger charge is 2.32. The third-order valence-corrected chi connectivity index (χ3v) is 7.75. The van der Waals surface area contributed by atoms with E-state index in [1.54, 1.807) is 6.07 Å². The number of aliphatic hydroxyl groups is 1. The fraction of sp³-hybridized carbons (Fsp3) is 0.467. The third-order valence-electron chi connectivity index (χ3n) is 7.75. The van der Waals surface area contributed by atoms with Crippen LogP contribution in [0.25, 0.3) is 6.08 Å². The number of amides is 1. The molecule has 1 fully saturated rings. The van der Waals surface area contributed by atoms with E-state index >= 15 is 0 Å². The lowest BCUT2D eigenvalue weighted by Gasteiger charge is -2.34. The van der Waals surface area contributed by atoms with Crippen LogP contribution in [0.15, 0.2) is 42.5 Å². The van der Waals surface area contributed by atoms with Crippen molar-refractivity contribution in [1.29, 1.82) is 0 Å². The monoisotopic (exact) mass is 477 g/mol. The van der Waals surface area contributed by atoms with E-state index in [1.165, 1.54) is 17.5 Å². The van der Waals surface area contributed by atoms with Gasteiger partial charge >= 0.3 is 5.97 Å². The van der Waals surface area contributed by atoms with Crippen LogP contribution in [-0.2, 0) is 10.2 Å². The van der Waals surface area contributed by atoms with E-state index in [9.17, 15) is 14.7 Å². The topological polar surface area (TPSA) is 86.6 Å². The molecule has 3 N–H and O–H groups in total. The Balaban J connectivity index is 1.90. The van der Waals surface area contributed by atoms with E-state index < -0.39 is 18.1 Å². The molecule has 0 unspecified atom stereocenters. The molecule has 35 heavy (non-hydrogen) atoms. The maximum absolute atomic E-state index is 12.4. The van der Waals surface area contributed by atoms with Crippen molar-refractivity contribution in [2.75, 3.05) is 6.54 Å². The number of aliphatic carboxylic acids is 1. The van der Waals surface area contributed by atoms with Crippen LogP contribution in [0.3, 0.4) is 0 Å². The maximum atomic E-state index is 12.4. The second-order valence-electron chi connectivity index (χ2n) is 9.96. The first-order valence-electron chi connectivity index (χ1n) is 12.8. The molecule has 3 rings (SSSR count). The number of carbonyl (C=O) groups is 2. The first-order valence-corrected chi connectivity index (χ1v) is 12.8. The van der Waals surface area contributed by atoms with Gasteiger partial charge in [0.1, 0.15) is 6.54 Å². The van der Waals surface area contributed by atoms with Crippen molar-refractivity contribution in [1.82, 2.24) is 5.32 Å². The predicted octanol–water partition coefficient (Wildman–Crippen LogP) is 5.93. The fourth-order valence-corrected chi connectivity index (χ4v) is 5.44. The number of nitrogens with one attached hydrogen (secondary N) is 1. The third kappa shape index (κ3) is 6.02. The Morgan fingerprint density at radius 1 is 0.971 bits per heavy atom. The van der Waals surface area contributed by atoms with Crippen molar-refractivity contribution < 1.29 is 19.8 Å². The van der Waals surface area contributed by atoms with Crippen molar-refractivity contribution in [3.63, 3.8) is 0 Å². The quantitative estimate of drug-likeness (QED) is 0.418. The summed E-state index contributed by atoms with van der Waals surface area (Å²) in [7, 11) is 0. The van der Waals surface area contributed by atoms with Gasteiger partial charge in [-0.25, -0.2) is 0 Å². The molecule has 0 bridgehead atoms. The van der Waals surface area contributed by atoms with Crippen LogP contribution < -0.4 is 5.32 Å². The van der Waals surface area contributed by atoms with Crippen LogP contribution >= 0.6 is 0 Å². The molecule has 1 aliphatic carbocycles. The van der Waals surface area contributed by atoms with Gasteiger partial charge in [0.2, 0.25) is 0 Å². The molecule has 188 valence electrons. The SMILES string of the molecule is CCC(CC)(c1ccc(C=CC2(O)CCCCC2)c(C)c1)c1ccc(C(=O)NCC(=O)O)c(C)c1. The van der Waals surface area contributed by atoms with Gasteiger partial charge in [-0.1, -0.05) is 75.6 Å². The zero-order valence-corrected chi connectivity index (χ0v) is 21.5. The van der Waals surface area contributed by atoms with Crippen molar-refractivity contribution in [2.24, 2.45) is 0 Å². The minimum Gasteiger partial charge on any atom is -0.480 e. The molecule has 2 aromatic rings. The van der Waals surface area contributed by atoms with Gasteiger partial charge in [0.05, 0.1) is 5.60 Å². The van der Waals surface area contributed by atoms with Gasteiger partial charge in [-0.2, -0.15) is 0 Å². The van der Waals surface area contributed by atoms with E-state index in [0.29, 0.717) is 5.56 Å². The van der Waals surface area contributed by atoms with Crippen molar-refractivity contribution in [3.8, 4) is 0 Å². The van der Waals surface area contributed by atoms with Crippen LogP contribution in [0.4, 0.5) is 0 Å². The summed E-state index contributed by atoms with van der Waals surface area (Å²) in [5.74, 6) is -1.44. The number of hydrogen-bond donors (Lipinski definition) is 3. The van der Waals surface area contributed by atoms with Crippen LogP contribution in [-0.4, -0.2) is 34.2 Å². The maximum Gasteiger partial charge on any atom is 0.322 e. The van der Waals surface area contributed by atoms with Crippen LogP contribution in [0.2, 0.25) is 0 Å². The highest BCUT2D eigenvalue weighted by Crippen LogP contribution is 2.40. The smallest absolute Gasteiger partial charge is 0.322 e. The average Bonchev–Trinajstić information content (AvgIpc) is 2.83. The zero-order chi connectivity index (χ0) is 25.6. The molecule has 2 aromatic carbocycles. The first-order chi connectivity index (χ1) is 16.6. The zero-order valence-electron chi connectivity index (χ0n) is 21.5. The van der Waals surface area contributed by atoms with E-state index in [-0.39, 0.29) is 11.3 Å². The van der Waals surface area contributed by atoms with E-state index in [0.717, 1.165) is 55.2 Å². The van der Waals surface area contributed by atoms with Crippen LogP contribution in [0.1, 0.15) is 97.0 Å². The summed E-state index contributed by atoms with van der Waals surface area (Å²) in [6.45, 7) is 7.99. The summed E-state index contributed by atoms with van der Waals surface area (Å²) in [4.78, 5) is 23.2. The summed E-state index contributed by atoms with van der Waals surface area (Å²) in [6.07, 6.45) is 10.9. The lowest BCUT2D eigenvalue weighted by Crippen LogP contribution is -2.30. The largest absolute Gasteiger partial charge is 0.480 e. The molecule has 1 aliphatic rings. The number of aryl methyl sites for hydroxylation is 2. The fourth-order valence-electron chi connectivity index (χ4n) is 5.44. The number of carboxylic acid groups (broad SMARTS) is 1. The second-order valence-corrected chi connectivity index (χ2v) is 9.96. The standard InChI is InChI=1S/C30H39NO4/c1-5-30(6-2,25-12-13-26(22(4)19-25)28(34)31-20-27(32)33)24-11-10-23(21(3)18-24)14-17-29(35)15-8-7-9-16-29/h10-14,17-19,35H,5-9,15-16,20H2,1-4H3,(H,31,34)(H,32,33). The first kappa shape index (κ1) is 26.7. The highest BCUT2D eigenvalue weighted by molar-refractivity contribution is 5.97. The Kier molecular flexibility index (Phi) is 8.55. The number of rotatable bonds is 9. The lowest BCUT2D eigenvalue weighted by atomic mass is 9.69. The summed E-state index contributed by atoms with van der Waals surface area (Å²) in [6, 6.07) is 12.4. The van der Waals surface area contributed by atoms with Gasteiger partial charge in [0.15, 0.2) is 0 Å². The summed E-state index contributed by atoms with van der Waals surface area (Å²) < 4.78 is 0. The molecule has 0 aromatic heterocycles. The Morgan fingerprint density at radius 3 is 2.11 bits per heavy atom. The average molecular weight is 478 g/mol. The molecule has 0 heterocycles. The van der Waals surface area contributed by atoms with Gasteiger partial charge in [-0.15, -0.1) is 0 Å². The molecule has 0 aliphatic heterocycles. The number of carbonyl (C=O) groups excluding carboxylic acids is 1. The van der Waals surface area contributed by atoms with Gasteiger partial charge in [0.25, 0.3) is 5.91 Å². The van der Waals surface area contributed by atoms with Crippen LogP contribution in [0.5, 0.6) is 0 Å². The molecule has 0 saturated heterocycles. The van der Waals surface area contributed by atoms with Gasteiger partial charge in [-0.05, 0) is 73.4 Å². The molecular weight excluding hydrogens is 438 g/mol. The normalized spacial score (nSPS) is 15.8. The summed E-state index contributed by atoms with van der Waals surface area (Å²) in [5.41, 5.74) is 5.11. The number of hydrogen-bond acceptors (Lipinski definition) is 3. The minimum absolute atomic E-state index is 0.199. The molecule has 0 radical (unpaired) electrons. The van der Waals surface area contributed by atoms with Crippen molar-refractivity contribution >= 4 is 18.0 Å². The number of carboxylic acids is 1. The van der Waals surface area contributed by atoms with Crippen molar-refractivity contribution in [2.45, 2.75) is 83.7 Å². The molecule has 1 saturated carbocycles. The minimum atomic E-state index is -1.06. The Hall–Kier alpha value is -2.92. The lowest BCUT2D eigenvalue weighted by molar-refractivity contribution is -0.135. The Labute approximate surface area is 209 Å². The molecule has 0 atom stereocenters. The second kappa shape index (κ2) is 11.2. The van der Waals surface area contributed by atoms with Gasteiger partial charge < -0.3 is 15.5 Å². The molecule has 0 spiro atoms. The molecular formula is C30H39NO4. The number of benzene rings is 2. The van der Waals surface area contributed by atoms with E-state index in [2.05, 4.69) is 56.4 Å². The van der Waals surface area contributed by atoms with Crippen molar-refractivity contribution in [3.05, 3.63) is 75.9 Å². The Morgan fingerprint density at radius 2 is 1.57 bits per heavy atom. The van der Waals surface area contributed by atoms with Crippen LogP contribution in [0, 0.1) is 13.8 Å². The molecule has 5 nitrogen and oxygen atoms in total. The van der Waals surface area contributed by atoms with E-state index in [1.807, 2.05) is 19.1 Å². The highest BCUT2D eigenvalue weighted by atomic mass is 16.4. The molecule has 1 amide bonds. The summed E-state index contributed by atoms with van der Waals surface area (Å²) >= 11 is 0. The Bertz CT molecular complexity index is 1090. The van der Waals surface area contributed by atoms with Gasteiger partial charge in [-0.3, -0.25) is 9.59 Å². The van der Waals surface area contributed by atoms with E-state index in [4.69, 9.17) is 5.11 Å². The summed E-state index contributed by atoms with van der Waals surface area (Å²) in [5, 5.41) is 22.1. The van der Waals surface area contributed by atoms with Gasteiger partial charge in [0, 0.05) is 11.0 Å².